The van der Waals surface area contributed by atoms with Crippen molar-refractivity contribution in [2.45, 2.75) is 45.2 Å². The van der Waals surface area contributed by atoms with Crippen molar-refractivity contribution in [3.63, 3.8) is 0 Å². The van der Waals surface area contributed by atoms with Crippen LogP contribution in [-0.4, -0.2) is 45.2 Å². The predicted molar refractivity (Wildman–Crippen MR) is 121 cm³/mol. The van der Waals surface area contributed by atoms with Crippen LogP contribution in [0.25, 0.3) is 11.4 Å². The number of nitrogens with one attached hydrogen (secondary N) is 1. The van der Waals surface area contributed by atoms with Crippen LogP contribution in [0.2, 0.25) is 0 Å². The summed E-state index contributed by atoms with van der Waals surface area (Å²) in [7, 11) is 0. The van der Waals surface area contributed by atoms with Crippen molar-refractivity contribution in [2.24, 2.45) is 0 Å². The fourth-order valence-electron chi connectivity index (χ4n) is 3.83. The highest BCUT2D eigenvalue weighted by Crippen LogP contribution is 2.20. The molecule has 1 N–H and O–H groups in total. The number of aryl methyl sites for hydroxylation is 1. The van der Waals surface area contributed by atoms with Gasteiger partial charge in [-0.25, -0.2) is 0 Å². The lowest BCUT2D eigenvalue weighted by molar-refractivity contribution is -0.128. The lowest BCUT2D eigenvalue weighted by Gasteiger charge is -2.15. The highest BCUT2D eigenvalue weighted by atomic mass is 16.5. The van der Waals surface area contributed by atoms with Gasteiger partial charge in [0.1, 0.15) is 0 Å². The van der Waals surface area contributed by atoms with Gasteiger partial charge in [0.05, 0.1) is 6.04 Å². The lowest BCUT2D eigenvalue weighted by Crippen LogP contribution is -2.38. The maximum absolute atomic E-state index is 12.4. The largest absolute Gasteiger partial charge is 0.346 e. The van der Waals surface area contributed by atoms with Crippen molar-refractivity contribution in [1.82, 2.24) is 20.4 Å². The van der Waals surface area contributed by atoms with Crippen LogP contribution in [0.4, 0.5) is 0 Å². The molecule has 1 aromatic heterocycles. The molecule has 8 heteroatoms. The topological polar surface area (TPSA) is 105 Å². The molecular formula is C25H26N4O4. The number of Topliss-reactive ketones (excluding diaryl/α,β-unsaturated/α-hetero) is 1. The van der Waals surface area contributed by atoms with Crippen LogP contribution >= 0.6 is 0 Å². The molecule has 1 aliphatic heterocycles. The molecule has 2 heterocycles. The van der Waals surface area contributed by atoms with E-state index >= 15 is 0 Å². The van der Waals surface area contributed by atoms with E-state index in [0.29, 0.717) is 30.2 Å². The summed E-state index contributed by atoms with van der Waals surface area (Å²) in [6.07, 6.45) is 1.92. The van der Waals surface area contributed by atoms with Gasteiger partial charge in [0.25, 0.3) is 0 Å². The molecule has 0 bridgehead atoms. The zero-order chi connectivity index (χ0) is 23.2. The Hall–Kier alpha value is -3.81. The Morgan fingerprint density at radius 1 is 1.15 bits per heavy atom. The van der Waals surface area contributed by atoms with E-state index in [1.807, 2.05) is 35.2 Å². The predicted octanol–water partition coefficient (Wildman–Crippen LogP) is 3.18. The number of ketones is 1. The molecule has 1 atom stereocenters. The number of aromatic nitrogens is 2. The molecule has 33 heavy (non-hydrogen) atoms. The number of hydrogen-bond acceptors (Lipinski definition) is 6. The van der Waals surface area contributed by atoms with E-state index in [1.165, 1.54) is 0 Å². The second-order valence-electron chi connectivity index (χ2n) is 8.15. The zero-order valence-corrected chi connectivity index (χ0v) is 18.5. The molecule has 1 unspecified atom stereocenters. The first kappa shape index (κ1) is 22.4. The van der Waals surface area contributed by atoms with E-state index in [9.17, 15) is 14.4 Å². The van der Waals surface area contributed by atoms with E-state index < -0.39 is 6.04 Å². The van der Waals surface area contributed by atoms with Gasteiger partial charge in [-0.2, -0.15) is 4.98 Å². The molecule has 0 radical (unpaired) electrons. The maximum atomic E-state index is 12.4. The van der Waals surface area contributed by atoms with Gasteiger partial charge in [0.15, 0.2) is 5.78 Å². The molecular weight excluding hydrogens is 420 g/mol. The van der Waals surface area contributed by atoms with Crippen LogP contribution in [0.1, 0.15) is 48.0 Å². The fraction of sp³-hybridized carbons (Fsp3) is 0.320. The maximum Gasteiger partial charge on any atom is 0.227 e. The van der Waals surface area contributed by atoms with Gasteiger partial charge in [-0.15, -0.1) is 0 Å². The molecule has 170 valence electrons. The Bertz CT molecular complexity index is 1140. The summed E-state index contributed by atoms with van der Waals surface area (Å²) in [5, 5.41) is 6.75. The van der Waals surface area contributed by atoms with Crippen LogP contribution in [0.15, 0.2) is 59.1 Å². The Labute approximate surface area is 192 Å². The number of rotatable bonds is 9. The monoisotopic (exact) mass is 446 g/mol. The Kier molecular flexibility index (Phi) is 6.92. The molecule has 0 saturated carbocycles. The molecule has 4 rings (SSSR count). The van der Waals surface area contributed by atoms with Crippen LogP contribution in [-0.2, 0) is 22.6 Å². The normalized spacial score (nSPS) is 14.3. The van der Waals surface area contributed by atoms with Crippen molar-refractivity contribution in [3.05, 3.63) is 71.6 Å². The van der Waals surface area contributed by atoms with E-state index in [-0.39, 0.29) is 30.4 Å². The Balaban J connectivity index is 1.31. The van der Waals surface area contributed by atoms with E-state index in [0.717, 1.165) is 24.1 Å². The summed E-state index contributed by atoms with van der Waals surface area (Å²) < 4.78 is 5.31. The molecule has 1 fully saturated rings. The minimum absolute atomic E-state index is 0.130. The third kappa shape index (κ3) is 5.71. The van der Waals surface area contributed by atoms with Crippen LogP contribution in [0.3, 0.4) is 0 Å². The number of likely N-dealkylation sites (tertiary alicyclic amines) is 1. The zero-order valence-electron chi connectivity index (χ0n) is 18.5. The molecule has 0 aliphatic carbocycles. The second kappa shape index (κ2) is 10.2. The highest BCUT2D eigenvalue weighted by molar-refractivity contribution is 6.01. The van der Waals surface area contributed by atoms with Gasteiger partial charge >= 0.3 is 0 Å². The quantitative estimate of drug-likeness (QED) is 0.506. The van der Waals surface area contributed by atoms with Gasteiger partial charge < -0.3 is 14.7 Å². The van der Waals surface area contributed by atoms with Gasteiger partial charge in [-0.05, 0) is 25.0 Å². The third-order valence-corrected chi connectivity index (χ3v) is 5.59. The number of amides is 2. The summed E-state index contributed by atoms with van der Waals surface area (Å²) in [5.74, 6) is 0.568. The lowest BCUT2D eigenvalue weighted by atomic mass is 10.1. The van der Waals surface area contributed by atoms with Crippen LogP contribution in [0.5, 0.6) is 0 Å². The van der Waals surface area contributed by atoms with Gasteiger partial charge in [0, 0.05) is 43.5 Å². The first-order valence-electron chi connectivity index (χ1n) is 11.1. The van der Waals surface area contributed by atoms with E-state index in [2.05, 4.69) is 15.5 Å². The molecule has 0 spiro atoms. The number of nitrogens with zero attached hydrogens (tertiary/aromatic N) is 3. The summed E-state index contributed by atoms with van der Waals surface area (Å²) in [6, 6.07) is 15.9. The summed E-state index contributed by atoms with van der Waals surface area (Å²) >= 11 is 0. The number of benzene rings is 2. The third-order valence-electron chi connectivity index (χ3n) is 5.59. The van der Waals surface area contributed by atoms with Crippen LogP contribution in [0, 0.1) is 0 Å². The second-order valence-corrected chi connectivity index (χ2v) is 8.15. The van der Waals surface area contributed by atoms with Crippen molar-refractivity contribution in [1.29, 1.82) is 0 Å². The first-order valence-corrected chi connectivity index (χ1v) is 11.1. The van der Waals surface area contributed by atoms with Gasteiger partial charge in [-0.1, -0.05) is 53.7 Å². The average Bonchev–Trinajstić information content (AvgIpc) is 3.47. The number of carbonyl (C=O) groups excluding carboxylic acids is 3. The molecule has 8 nitrogen and oxygen atoms in total. The number of hydrogen-bond donors (Lipinski definition) is 1. The van der Waals surface area contributed by atoms with Crippen molar-refractivity contribution >= 4 is 17.6 Å². The molecule has 1 aliphatic rings. The summed E-state index contributed by atoms with van der Waals surface area (Å²) in [5.41, 5.74) is 2.36. The van der Waals surface area contributed by atoms with Gasteiger partial charge in [0.2, 0.25) is 23.5 Å². The minimum Gasteiger partial charge on any atom is -0.346 e. The average molecular weight is 447 g/mol. The van der Waals surface area contributed by atoms with Crippen molar-refractivity contribution in [3.8, 4) is 11.4 Å². The SMILES string of the molecule is CC(NC(=O)CCc1nc(-c2cccc(CN3CCCC3=O)c2)no1)C(=O)c1ccccc1. The number of carbonyl (C=O) groups is 3. The summed E-state index contributed by atoms with van der Waals surface area (Å²) in [6.45, 7) is 3.02. The summed E-state index contributed by atoms with van der Waals surface area (Å²) in [4.78, 5) is 42.8. The Morgan fingerprint density at radius 2 is 1.97 bits per heavy atom. The van der Waals surface area contributed by atoms with E-state index in [1.54, 1.807) is 31.2 Å². The molecule has 1 saturated heterocycles. The Morgan fingerprint density at radius 3 is 2.73 bits per heavy atom. The van der Waals surface area contributed by atoms with Crippen molar-refractivity contribution < 1.29 is 18.9 Å². The first-order chi connectivity index (χ1) is 16.0. The van der Waals surface area contributed by atoms with Crippen LogP contribution < -0.4 is 5.32 Å². The van der Waals surface area contributed by atoms with E-state index in [4.69, 9.17) is 4.52 Å². The molecule has 2 aromatic carbocycles. The molecule has 2 amide bonds. The molecule has 3 aromatic rings. The van der Waals surface area contributed by atoms with Gasteiger partial charge in [-0.3, -0.25) is 14.4 Å². The van der Waals surface area contributed by atoms with Crippen molar-refractivity contribution in [2.75, 3.05) is 6.54 Å². The fourth-order valence-corrected chi connectivity index (χ4v) is 3.83. The minimum atomic E-state index is -0.622. The highest BCUT2D eigenvalue weighted by Gasteiger charge is 2.21. The smallest absolute Gasteiger partial charge is 0.227 e. The standard InChI is InChI=1S/C25H26N4O4/c1-17(24(32)19-8-3-2-4-9-19)26-21(30)12-13-22-27-25(28-33-22)20-10-5-7-18(15-20)16-29-14-6-11-23(29)31/h2-5,7-10,15,17H,6,11-14,16H2,1H3,(H,26,30).